The van der Waals surface area contributed by atoms with Crippen molar-refractivity contribution < 1.29 is 24.5 Å². The molecule has 0 saturated carbocycles. The molecule has 1 aromatic rings. The van der Waals surface area contributed by atoms with E-state index in [-0.39, 0.29) is 30.6 Å². The van der Waals surface area contributed by atoms with Gasteiger partial charge in [-0.3, -0.25) is 24.6 Å². The summed E-state index contributed by atoms with van der Waals surface area (Å²) in [5.41, 5.74) is -0.00455. The molecular weight excluding hydrogens is 374 g/mol. The summed E-state index contributed by atoms with van der Waals surface area (Å²) in [6.07, 6.45) is 1.02. The molecule has 2 unspecified atom stereocenters. The van der Waals surface area contributed by atoms with Crippen LogP contribution in [0, 0.1) is 5.41 Å². The van der Waals surface area contributed by atoms with Crippen molar-refractivity contribution in [3.8, 4) is 0 Å². The van der Waals surface area contributed by atoms with Gasteiger partial charge in [0.15, 0.2) is 0 Å². The molecule has 8 nitrogen and oxygen atoms in total. The van der Waals surface area contributed by atoms with Gasteiger partial charge < -0.3 is 5.32 Å². The molecule has 8 heteroatoms. The van der Waals surface area contributed by atoms with Crippen molar-refractivity contribution in [2.75, 3.05) is 6.54 Å². The minimum Gasteiger partial charge on any atom is -0.340 e. The van der Waals surface area contributed by atoms with Crippen LogP contribution < -0.4 is 5.32 Å². The highest BCUT2D eigenvalue weighted by molar-refractivity contribution is 5.98. The van der Waals surface area contributed by atoms with E-state index in [1.165, 1.54) is 10.0 Å². The lowest BCUT2D eigenvalue weighted by Crippen LogP contribution is -2.64. The number of nitrogens with zero attached hydrogens (tertiary/aromatic N) is 2. The van der Waals surface area contributed by atoms with E-state index in [0.29, 0.717) is 24.9 Å². The van der Waals surface area contributed by atoms with Gasteiger partial charge in [0.05, 0.1) is 6.04 Å². The molecule has 2 fully saturated rings. The maximum absolute atomic E-state index is 13.4. The molecule has 0 radical (unpaired) electrons. The Morgan fingerprint density at radius 2 is 1.90 bits per heavy atom. The standard InChI is InChI=1S/C21H29N3O5/c1-21(2,3)18(29-28)16-10-7-13-23-17(25)12-11-15(20(27)24(16)23)22-19(26)14-8-5-4-6-9-14/h4-6,8-9,15-16,18,28H,7,10-13H2,1-3H3,(H,22,26)/t15?,16?,18-/m0/s1. The van der Waals surface area contributed by atoms with E-state index >= 15 is 0 Å². The van der Waals surface area contributed by atoms with Crippen molar-refractivity contribution in [1.82, 2.24) is 15.3 Å². The molecule has 0 spiro atoms. The van der Waals surface area contributed by atoms with Crippen molar-refractivity contribution in [3.05, 3.63) is 35.9 Å². The lowest BCUT2D eigenvalue weighted by Gasteiger charge is -2.48. The van der Waals surface area contributed by atoms with E-state index in [0.717, 1.165) is 0 Å². The Hall–Kier alpha value is -2.45. The molecule has 0 bridgehead atoms. The minimum absolute atomic E-state index is 0.162. The van der Waals surface area contributed by atoms with Gasteiger partial charge >= 0.3 is 0 Å². The van der Waals surface area contributed by atoms with Crippen LogP contribution in [-0.2, 0) is 14.5 Å². The molecular formula is C21H29N3O5. The van der Waals surface area contributed by atoms with Crippen molar-refractivity contribution in [3.63, 3.8) is 0 Å². The third-order valence-electron chi connectivity index (χ3n) is 5.56. The number of benzene rings is 1. The fourth-order valence-electron chi connectivity index (χ4n) is 4.12. The van der Waals surface area contributed by atoms with Crippen LogP contribution in [0.15, 0.2) is 30.3 Å². The summed E-state index contributed by atoms with van der Waals surface area (Å²) < 4.78 is 0. The van der Waals surface area contributed by atoms with Crippen LogP contribution in [0.25, 0.3) is 0 Å². The first-order chi connectivity index (χ1) is 13.7. The Morgan fingerprint density at radius 3 is 2.52 bits per heavy atom. The molecule has 1 aromatic carbocycles. The van der Waals surface area contributed by atoms with Crippen molar-refractivity contribution in [1.29, 1.82) is 0 Å². The summed E-state index contributed by atoms with van der Waals surface area (Å²) in [6.45, 7) is 6.16. The number of nitrogens with one attached hydrogen (secondary N) is 1. The van der Waals surface area contributed by atoms with Gasteiger partial charge in [-0.1, -0.05) is 39.0 Å². The molecule has 3 rings (SSSR count). The number of hydrogen-bond acceptors (Lipinski definition) is 5. The monoisotopic (exact) mass is 403 g/mol. The number of fused-ring (bicyclic) bond motifs is 1. The molecule has 2 saturated heterocycles. The third kappa shape index (κ3) is 4.43. The highest BCUT2D eigenvalue weighted by Crippen LogP contribution is 2.34. The molecule has 2 N–H and O–H groups in total. The number of rotatable bonds is 4. The maximum Gasteiger partial charge on any atom is 0.264 e. The van der Waals surface area contributed by atoms with Gasteiger partial charge in [-0.05, 0) is 36.8 Å². The zero-order valence-electron chi connectivity index (χ0n) is 17.1. The van der Waals surface area contributed by atoms with Gasteiger partial charge in [-0.2, -0.15) is 0 Å². The number of hydrogen-bond donors (Lipinski definition) is 2. The smallest absolute Gasteiger partial charge is 0.264 e. The second-order valence-corrected chi connectivity index (χ2v) is 8.73. The first-order valence-electron chi connectivity index (χ1n) is 10.0. The second-order valence-electron chi connectivity index (χ2n) is 8.73. The maximum atomic E-state index is 13.4. The summed E-state index contributed by atoms with van der Waals surface area (Å²) in [4.78, 5) is 43.5. The Bertz CT molecular complexity index is 761. The van der Waals surface area contributed by atoms with Crippen LogP contribution in [0.1, 0.15) is 56.8 Å². The molecule has 158 valence electrons. The van der Waals surface area contributed by atoms with Crippen molar-refractivity contribution >= 4 is 17.7 Å². The first kappa shape index (κ1) is 21.3. The predicted molar refractivity (Wildman–Crippen MR) is 105 cm³/mol. The van der Waals surface area contributed by atoms with Crippen LogP contribution in [0.4, 0.5) is 0 Å². The Labute approximate surface area is 170 Å². The number of amides is 3. The average Bonchev–Trinajstić information content (AvgIpc) is 2.81. The van der Waals surface area contributed by atoms with E-state index in [1.54, 1.807) is 24.3 Å². The number of carbonyl (C=O) groups excluding carboxylic acids is 3. The van der Waals surface area contributed by atoms with E-state index in [1.807, 2.05) is 26.8 Å². The third-order valence-corrected chi connectivity index (χ3v) is 5.56. The Kier molecular flexibility index (Phi) is 6.24. The summed E-state index contributed by atoms with van der Waals surface area (Å²) in [6, 6.07) is 7.34. The molecule has 2 heterocycles. The van der Waals surface area contributed by atoms with Gasteiger partial charge in [0.25, 0.3) is 11.8 Å². The van der Waals surface area contributed by atoms with Gasteiger partial charge in [0.2, 0.25) is 5.91 Å². The molecule has 3 atom stereocenters. The Morgan fingerprint density at radius 1 is 1.21 bits per heavy atom. The van der Waals surface area contributed by atoms with Gasteiger partial charge in [-0.25, -0.2) is 9.90 Å². The summed E-state index contributed by atoms with van der Waals surface area (Å²) in [5.74, 6) is -0.870. The van der Waals surface area contributed by atoms with Crippen molar-refractivity contribution in [2.45, 2.75) is 64.6 Å². The Balaban J connectivity index is 1.88. The van der Waals surface area contributed by atoms with E-state index in [2.05, 4.69) is 5.32 Å². The van der Waals surface area contributed by atoms with Crippen molar-refractivity contribution in [2.24, 2.45) is 5.41 Å². The minimum atomic E-state index is -0.823. The van der Waals surface area contributed by atoms with E-state index < -0.39 is 23.6 Å². The highest BCUT2D eigenvalue weighted by Gasteiger charge is 2.47. The number of carbonyl (C=O) groups is 3. The normalized spacial score (nSPS) is 24.0. The quantitative estimate of drug-likeness (QED) is 0.593. The number of hydrazine groups is 1. The summed E-state index contributed by atoms with van der Waals surface area (Å²) in [5, 5.41) is 15.2. The molecule has 2 aliphatic heterocycles. The zero-order valence-corrected chi connectivity index (χ0v) is 17.1. The predicted octanol–water partition coefficient (Wildman–Crippen LogP) is 2.22. The van der Waals surface area contributed by atoms with Crippen LogP contribution >= 0.6 is 0 Å². The summed E-state index contributed by atoms with van der Waals surface area (Å²) >= 11 is 0. The first-order valence-corrected chi connectivity index (χ1v) is 10.0. The van der Waals surface area contributed by atoms with Crippen LogP contribution in [0.3, 0.4) is 0 Å². The zero-order chi connectivity index (χ0) is 21.2. The lowest BCUT2D eigenvalue weighted by atomic mass is 9.82. The topological polar surface area (TPSA) is 99.2 Å². The van der Waals surface area contributed by atoms with Gasteiger partial charge in [-0.15, -0.1) is 0 Å². The summed E-state index contributed by atoms with van der Waals surface area (Å²) in [7, 11) is 0. The molecule has 3 amide bonds. The molecule has 0 aromatic heterocycles. The van der Waals surface area contributed by atoms with Crippen LogP contribution in [-0.4, -0.2) is 57.7 Å². The average molecular weight is 403 g/mol. The van der Waals surface area contributed by atoms with Crippen LogP contribution in [0.5, 0.6) is 0 Å². The fraction of sp³-hybridized carbons (Fsp3) is 0.571. The fourth-order valence-corrected chi connectivity index (χ4v) is 4.12. The van der Waals surface area contributed by atoms with E-state index in [9.17, 15) is 19.6 Å². The molecule has 29 heavy (non-hydrogen) atoms. The lowest BCUT2D eigenvalue weighted by molar-refractivity contribution is -0.319. The highest BCUT2D eigenvalue weighted by atomic mass is 17.1. The van der Waals surface area contributed by atoms with E-state index in [4.69, 9.17) is 4.89 Å². The van der Waals surface area contributed by atoms with Crippen LogP contribution in [0.2, 0.25) is 0 Å². The molecule has 0 aliphatic carbocycles. The second kappa shape index (κ2) is 8.51. The largest absolute Gasteiger partial charge is 0.340 e. The molecule has 2 aliphatic rings. The van der Waals surface area contributed by atoms with Gasteiger partial charge in [0, 0.05) is 18.5 Å². The SMILES string of the molecule is CC(C)(C)[C@@H](OO)C1CCCN2C(=O)CCC(NC(=O)c3ccccc3)C(=O)N12. The van der Waals surface area contributed by atoms with Gasteiger partial charge in [0.1, 0.15) is 12.1 Å².